The normalized spacial score (nSPS) is 20.8. The number of amides is 3. The quantitative estimate of drug-likeness (QED) is 0.802. The Bertz CT molecular complexity index is 770. The van der Waals surface area contributed by atoms with Crippen molar-refractivity contribution in [1.29, 1.82) is 0 Å². The zero-order valence-corrected chi connectivity index (χ0v) is 15.9. The molecule has 1 aromatic rings. The Labute approximate surface area is 160 Å². The molecular weight excluding hydrogens is 342 g/mol. The van der Waals surface area contributed by atoms with E-state index in [0.29, 0.717) is 31.6 Å². The molecule has 27 heavy (non-hydrogen) atoms. The molecule has 1 saturated heterocycles. The minimum Gasteiger partial charge on any atom is -0.341 e. The Balaban J connectivity index is 1.42. The molecule has 0 unspecified atom stereocenters. The predicted molar refractivity (Wildman–Crippen MR) is 103 cm³/mol. The van der Waals surface area contributed by atoms with Gasteiger partial charge in [0, 0.05) is 50.4 Å². The van der Waals surface area contributed by atoms with Crippen molar-refractivity contribution in [3.63, 3.8) is 0 Å². The van der Waals surface area contributed by atoms with Gasteiger partial charge in [-0.05, 0) is 43.0 Å². The van der Waals surface area contributed by atoms with Gasteiger partial charge >= 0.3 is 0 Å². The van der Waals surface area contributed by atoms with E-state index in [9.17, 15) is 14.4 Å². The number of rotatable bonds is 2. The van der Waals surface area contributed by atoms with E-state index in [-0.39, 0.29) is 23.6 Å². The number of nitrogens with zero attached hydrogens (tertiary/aromatic N) is 3. The van der Waals surface area contributed by atoms with Gasteiger partial charge in [0.1, 0.15) is 0 Å². The molecule has 0 bridgehead atoms. The van der Waals surface area contributed by atoms with E-state index in [1.807, 2.05) is 28.0 Å². The van der Waals surface area contributed by atoms with Crippen LogP contribution in [-0.4, -0.2) is 60.7 Å². The van der Waals surface area contributed by atoms with Crippen LogP contribution in [0.1, 0.15) is 48.0 Å². The molecule has 2 fully saturated rings. The van der Waals surface area contributed by atoms with Gasteiger partial charge in [-0.3, -0.25) is 14.4 Å². The summed E-state index contributed by atoms with van der Waals surface area (Å²) in [5, 5.41) is 0. The average Bonchev–Trinajstić information content (AvgIpc) is 3.22. The van der Waals surface area contributed by atoms with Crippen LogP contribution >= 0.6 is 0 Å². The number of anilines is 1. The highest BCUT2D eigenvalue weighted by atomic mass is 16.2. The molecule has 1 aliphatic carbocycles. The molecule has 2 heterocycles. The van der Waals surface area contributed by atoms with Crippen molar-refractivity contribution in [2.75, 3.05) is 38.1 Å². The molecular formula is C21H27N3O3. The van der Waals surface area contributed by atoms with E-state index < -0.39 is 0 Å². The fourth-order valence-electron chi connectivity index (χ4n) is 4.56. The third kappa shape index (κ3) is 3.45. The fourth-order valence-corrected chi connectivity index (χ4v) is 4.56. The van der Waals surface area contributed by atoms with E-state index in [4.69, 9.17) is 0 Å². The molecule has 3 amide bonds. The molecule has 6 heteroatoms. The number of carbonyl (C=O) groups excluding carboxylic acids is 3. The highest BCUT2D eigenvalue weighted by Gasteiger charge is 2.30. The summed E-state index contributed by atoms with van der Waals surface area (Å²) in [5.41, 5.74) is 2.44. The van der Waals surface area contributed by atoms with Crippen LogP contribution < -0.4 is 4.90 Å². The van der Waals surface area contributed by atoms with E-state index in [0.717, 1.165) is 49.9 Å². The first-order valence-electron chi connectivity index (χ1n) is 10.0. The lowest BCUT2D eigenvalue weighted by atomic mass is 10.1. The van der Waals surface area contributed by atoms with Crippen molar-refractivity contribution >= 4 is 23.4 Å². The van der Waals surface area contributed by atoms with Gasteiger partial charge in [0.05, 0.1) is 6.42 Å². The van der Waals surface area contributed by atoms with Crippen LogP contribution in [0.25, 0.3) is 0 Å². The molecule has 0 N–H and O–H groups in total. The van der Waals surface area contributed by atoms with E-state index >= 15 is 0 Å². The summed E-state index contributed by atoms with van der Waals surface area (Å²) in [6.45, 7) is 2.60. The molecule has 6 nitrogen and oxygen atoms in total. The lowest BCUT2D eigenvalue weighted by molar-refractivity contribution is -0.135. The molecule has 0 aromatic heterocycles. The predicted octanol–water partition coefficient (Wildman–Crippen LogP) is 2.07. The van der Waals surface area contributed by atoms with Gasteiger partial charge in [-0.25, -0.2) is 0 Å². The number of carbonyl (C=O) groups is 3. The molecule has 144 valence electrons. The Morgan fingerprint density at radius 3 is 2.44 bits per heavy atom. The van der Waals surface area contributed by atoms with Gasteiger partial charge in [0.25, 0.3) is 5.91 Å². The average molecular weight is 369 g/mol. The maximum atomic E-state index is 13.0. The minimum atomic E-state index is -0.00466. The maximum absolute atomic E-state index is 13.0. The monoisotopic (exact) mass is 369 g/mol. The Morgan fingerprint density at radius 1 is 0.963 bits per heavy atom. The Hall–Kier alpha value is -2.37. The van der Waals surface area contributed by atoms with Crippen molar-refractivity contribution in [2.45, 2.75) is 38.5 Å². The second-order valence-corrected chi connectivity index (χ2v) is 7.93. The molecule has 0 spiro atoms. The molecule has 1 saturated carbocycles. The Kier molecular flexibility index (Phi) is 4.89. The summed E-state index contributed by atoms with van der Waals surface area (Å²) >= 11 is 0. The van der Waals surface area contributed by atoms with Gasteiger partial charge in [-0.15, -0.1) is 0 Å². The zero-order chi connectivity index (χ0) is 19.0. The van der Waals surface area contributed by atoms with Gasteiger partial charge in [0.2, 0.25) is 11.8 Å². The zero-order valence-electron chi connectivity index (χ0n) is 15.9. The second-order valence-electron chi connectivity index (χ2n) is 7.93. The number of fused-ring (bicyclic) bond motifs is 1. The topological polar surface area (TPSA) is 60.9 Å². The van der Waals surface area contributed by atoms with Gasteiger partial charge < -0.3 is 14.7 Å². The third-order valence-electron chi connectivity index (χ3n) is 6.20. The van der Waals surface area contributed by atoms with Crippen molar-refractivity contribution in [3.8, 4) is 0 Å². The smallest absolute Gasteiger partial charge is 0.253 e. The van der Waals surface area contributed by atoms with Crippen molar-refractivity contribution in [2.24, 2.45) is 5.92 Å². The number of benzene rings is 1. The van der Waals surface area contributed by atoms with E-state index in [1.54, 1.807) is 11.9 Å². The number of hydrogen-bond donors (Lipinski definition) is 0. The highest BCUT2D eigenvalue weighted by Crippen LogP contribution is 2.29. The lowest BCUT2D eigenvalue weighted by Crippen LogP contribution is -2.39. The van der Waals surface area contributed by atoms with Crippen LogP contribution in [0.15, 0.2) is 18.2 Å². The molecule has 3 aliphatic rings. The molecule has 0 radical (unpaired) electrons. The van der Waals surface area contributed by atoms with Crippen LogP contribution in [0.3, 0.4) is 0 Å². The SMILES string of the molecule is CN1C(=O)Cc2cc(C(=O)N3CCCN(C(=O)C4CCCC4)CC3)ccc21. The summed E-state index contributed by atoms with van der Waals surface area (Å²) in [5.74, 6) is 0.528. The summed E-state index contributed by atoms with van der Waals surface area (Å²) in [4.78, 5) is 43.0. The summed E-state index contributed by atoms with van der Waals surface area (Å²) in [7, 11) is 1.76. The second kappa shape index (κ2) is 7.33. The third-order valence-corrected chi connectivity index (χ3v) is 6.20. The standard InChI is InChI=1S/C21H27N3O3/c1-22-18-8-7-16(13-17(18)14-19(22)25)21(27)24-10-4-9-23(11-12-24)20(26)15-5-2-3-6-15/h7-8,13,15H,2-6,9-12,14H2,1H3. The number of hydrogen-bond acceptors (Lipinski definition) is 3. The first-order valence-corrected chi connectivity index (χ1v) is 10.0. The van der Waals surface area contributed by atoms with Crippen molar-refractivity contribution in [3.05, 3.63) is 29.3 Å². The van der Waals surface area contributed by atoms with Crippen LogP contribution in [-0.2, 0) is 16.0 Å². The minimum absolute atomic E-state index is 0.00466. The van der Waals surface area contributed by atoms with Crippen LogP contribution in [0.2, 0.25) is 0 Å². The highest BCUT2D eigenvalue weighted by molar-refractivity contribution is 6.03. The van der Waals surface area contributed by atoms with Crippen molar-refractivity contribution < 1.29 is 14.4 Å². The van der Waals surface area contributed by atoms with Crippen LogP contribution in [0.5, 0.6) is 0 Å². The van der Waals surface area contributed by atoms with Gasteiger partial charge in [-0.1, -0.05) is 12.8 Å². The molecule has 1 aromatic carbocycles. The fraction of sp³-hybridized carbons (Fsp3) is 0.571. The van der Waals surface area contributed by atoms with Crippen molar-refractivity contribution in [1.82, 2.24) is 9.80 Å². The maximum Gasteiger partial charge on any atom is 0.253 e. The van der Waals surface area contributed by atoms with E-state index in [1.165, 1.54) is 0 Å². The molecule has 2 aliphatic heterocycles. The van der Waals surface area contributed by atoms with Gasteiger partial charge in [-0.2, -0.15) is 0 Å². The van der Waals surface area contributed by atoms with Crippen LogP contribution in [0.4, 0.5) is 5.69 Å². The van der Waals surface area contributed by atoms with E-state index in [2.05, 4.69) is 0 Å². The molecule has 4 rings (SSSR count). The summed E-state index contributed by atoms with van der Waals surface area (Å²) in [6, 6.07) is 5.52. The summed E-state index contributed by atoms with van der Waals surface area (Å²) in [6.07, 6.45) is 5.52. The lowest BCUT2D eigenvalue weighted by Gasteiger charge is -2.24. The number of likely N-dealkylation sites (N-methyl/N-ethyl adjacent to an activating group) is 1. The first-order chi connectivity index (χ1) is 13.0. The molecule has 0 atom stereocenters. The van der Waals surface area contributed by atoms with Crippen LogP contribution in [0, 0.1) is 5.92 Å². The van der Waals surface area contributed by atoms with Gasteiger partial charge in [0.15, 0.2) is 0 Å². The Morgan fingerprint density at radius 2 is 1.67 bits per heavy atom. The first kappa shape index (κ1) is 18.0. The largest absolute Gasteiger partial charge is 0.341 e. The summed E-state index contributed by atoms with van der Waals surface area (Å²) < 4.78 is 0.